The summed E-state index contributed by atoms with van der Waals surface area (Å²) in [6.45, 7) is 5.35. The van der Waals surface area contributed by atoms with E-state index in [-0.39, 0.29) is 0 Å². The maximum absolute atomic E-state index is 12.0. The van der Waals surface area contributed by atoms with E-state index in [2.05, 4.69) is 32.6 Å². The molecule has 0 aliphatic carbocycles. The van der Waals surface area contributed by atoms with Crippen molar-refractivity contribution in [2.45, 2.75) is 6.42 Å². The van der Waals surface area contributed by atoms with Crippen LogP contribution in [0.5, 0.6) is 5.75 Å². The van der Waals surface area contributed by atoms with Crippen molar-refractivity contribution < 1.29 is 14.3 Å². The van der Waals surface area contributed by atoms with Gasteiger partial charge in [-0.15, -0.1) is 0 Å². The Balaban J connectivity index is 1.29. The fourth-order valence-electron chi connectivity index (χ4n) is 3.48. The molecule has 1 aliphatic rings. The molecule has 1 heterocycles. The monoisotopic (exact) mass is 410 g/mol. The van der Waals surface area contributed by atoms with Gasteiger partial charge in [0.05, 0.1) is 7.11 Å². The van der Waals surface area contributed by atoms with Crippen LogP contribution in [0.25, 0.3) is 0 Å². The molecule has 1 aliphatic heterocycles. The smallest absolute Gasteiger partial charge is 0.309 e. The van der Waals surface area contributed by atoms with E-state index in [0.717, 1.165) is 44.0 Å². The summed E-state index contributed by atoms with van der Waals surface area (Å²) in [6.07, 6.45) is 0.707. The third-order valence-electron chi connectivity index (χ3n) is 5.27. The summed E-state index contributed by atoms with van der Waals surface area (Å²) in [7, 11) is 1.67. The summed E-state index contributed by atoms with van der Waals surface area (Å²) >= 11 is 0. The molecule has 2 N–H and O–H groups in total. The van der Waals surface area contributed by atoms with Crippen molar-refractivity contribution in [2.24, 2.45) is 0 Å². The van der Waals surface area contributed by atoms with E-state index in [1.165, 1.54) is 5.69 Å². The maximum Gasteiger partial charge on any atom is 0.309 e. The summed E-state index contributed by atoms with van der Waals surface area (Å²) in [4.78, 5) is 28.5. The standard InChI is InChI=1S/C23H30N4O3/c1-30-21-9-7-20(8-10-21)27-17-15-26(16-18-27)14-13-25-23(29)22(28)24-12-11-19-5-3-2-4-6-19/h2-10H,11-18H2,1H3,(H,24,28)(H,25,29). The van der Waals surface area contributed by atoms with Crippen LogP contribution in [0.1, 0.15) is 5.56 Å². The Morgan fingerprint density at radius 1 is 0.867 bits per heavy atom. The minimum Gasteiger partial charge on any atom is -0.497 e. The van der Waals surface area contributed by atoms with Crippen LogP contribution in [0.4, 0.5) is 5.69 Å². The first-order valence-corrected chi connectivity index (χ1v) is 10.4. The second kappa shape index (κ2) is 11.2. The molecule has 3 rings (SSSR count). The fourth-order valence-corrected chi connectivity index (χ4v) is 3.48. The highest BCUT2D eigenvalue weighted by atomic mass is 16.5. The Labute approximate surface area is 178 Å². The van der Waals surface area contributed by atoms with E-state index in [9.17, 15) is 9.59 Å². The molecule has 0 spiro atoms. The molecule has 2 aromatic rings. The van der Waals surface area contributed by atoms with Crippen molar-refractivity contribution >= 4 is 17.5 Å². The Bertz CT molecular complexity index is 803. The number of amides is 2. The van der Waals surface area contributed by atoms with E-state index in [4.69, 9.17) is 4.74 Å². The van der Waals surface area contributed by atoms with Crippen LogP contribution in [0.2, 0.25) is 0 Å². The predicted octanol–water partition coefficient (Wildman–Crippen LogP) is 1.29. The molecule has 7 nitrogen and oxygen atoms in total. The lowest BCUT2D eigenvalue weighted by atomic mass is 10.1. The number of piperazine rings is 1. The Morgan fingerprint density at radius 2 is 1.50 bits per heavy atom. The fraction of sp³-hybridized carbons (Fsp3) is 0.391. The van der Waals surface area contributed by atoms with Gasteiger partial charge in [-0.3, -0.25) is 14.5 Å². The average Bonchev–Trinajstić information content (AvgIpc) is 2.80. The van der Waals surface area contributed by atoms with Crippen LogP contribution in [-0.4, -0.2) is 69.6 Å². The van der Waals surface area contributed by atoms with Gasteiger partial charge in [0.15, 0.2) is 0 Å². The zero-order chi connectivity index (χ0) is 21.2. The highest BCUT2D eigenvalue weighted by Crippen LogP contribution is 2.20. The number of anilines is 1. The van der Waals surface area contributed by atoms with Gasteiger partial charge in [0.2, 0.25) is 0 Å². The Kier molecular flexibility index (Phi) is 8.09. The zero-order valence-electron chi connectivity index (χ0n) is 17.5. The molecule has 0 bridgehead atoms. The van der Waals surface area contributed by atoms with Gasteiger partial charge in [0.25, 0.3) is 0 Å². The van der Waals surface area contributed by atoms with Gasteiger partial charge in [0, 0.05) is 51.5 Å². The second-order valence-corrected chi connectivity index (χ2v) is 7.27. The van der Waals surface area contributed by atoms with Crippen molar-refractivity contribution in [1.29, 1.82) is 0 Å². The summed E-state index contributed by atoms with van der Waals surface area (Å²) < 4.78 is 5.21. The lowest BCUT2D eigenvalue weighted by Gasteiger charge is -2.36. The Morgan fingerprint density at radius 3 is 2.13 bits per heavy atom. The highest BCUT2D eigenvalue weighted by Gasteiger charge is 2.18. The van der Waals surface area contributed by atoms with Gasteiger partial charge in [-0.1, -0.05) is 30.3 Å². The molecule has 0 atom stereocenters. The summed E-state index contributed by atoms with van der Waals surface area (Å²) in [6, 6.07) is 18.0. The van der Waals surface area contributed by atoms with Gasteiger partial charge in [-0.05, 0) is 36.2 Å². The number of benzene rings is 2. The van der Waals surface area contributed by atoms with Crippen molar-refractivity contribution in [3.63, 3.8) is 0 Å². The van der Waals surface area contributed by atoms with Crippen LogP contribution in [0.15, 0.2) is 54.6 Å². The van der Waals surface area contributed by atoms with E-state index in [1.807, 2.05) is 42.5 Å². The predicted molar refractivity (Wildman–Crippen MR) is 118 cm³/mol. The topological polar surface area (TPSA) is 73.9 Å². The molecule has 0 radical (unpaired) electrons. The van der Waals surface area contributed by atoms with Crippen LogP contribution in [0.3, 0.4) is 0 Å². The molecule has 0 saturated carbocycles. The van der Waals surface area contributed by atoms with Crippen LogP contribution in [-0.2, 0) is 16.0 Å². The maximum atomic E-state index is 12.0. The molecule has 0 aromatic heterocycles. The van der Waals surface area contributed by atoms with E-state index < -0.39 is 11.8 Å². The minimum absolute atomic E-state index is 0.448. The molecule has 1 saturated heterocycles. The van der Waals surface area contributed by atoms with E-state index >= 15 is 0 Å². The summed E-state index contributed by atoms with van der Waals surface area (Å²) in [5, 5.41) is 5.39. The van der Waals surface area contributed by atoms with Gasteiger partial charge >= 0.3 is 11.8 Å². The number of methoxy groups -OCH3 is 1. The molecular formula is C23H30N4O3. The number of nitrogens with zero attached hydrogens (tertiary/aromatic N) is 2. The van der Waals surface area contributed by atoms with E-state index in [0.29, 0.717) is 19.5 Å². The average molecular weight is 411 g/mol. The van der Waals surface area contributed by atoms with Crippen molar-refractivity contribution in [3.8, 4) is 5.75 Å². The lowest BCUT2D eigenvalue weighted by Crippen LogP contribution is -2.49. The minimum atomic E-state index is -0.574. The number of rotatable bonds is 8. The van der Waals surface area contributed by atoms with Crippen molar-refractivity contribution in [3.05, 3.63) is 60.2 Å². The van der Waals surface area contributed by atoms with Crippen LogP contribution >= 0.6 is 0 Å². The molecule has 2 aromatic carbocycles. The van der Waals surface area contributed by atoms with Gasteiger partial charge in [-0.25, -0.2) is 0 Å². The molecule has 160 valence electrons. The SMILES string of the molecule is COc1ccc(N2CCN(CCNC(=O)C(=O)NCCc3ccccc3)CC2)cc1. The molecule has 7 heteroatoms. The normalized spacial score (nSPS) is 14.2. The van der Waals surface area contributed by atoms with Crippen LogP contribution in [0, 0.1) is 0 Å². The molecular weight excluding hydrogens is 380 g/mol. The second-order valence-electron chi connectivity index (χ2n) is 7.27. The number of hydrogen-bond donors (Lipinski definition) is 2. The molecule has 0 unspecified atom stereocenters. The van der Waals surface area contributed by atoms with Crippen LogP contribution < -0.4 is 20.3 Å². The number of carbonyl (C=O) groups excluding carboxylic acids is 2. The quantitative estimate of drug-likeness (QED) is 0.642. The highest BCUT2D eigenvalue weighted by molar-refractivity contribution is 6.35. The summed E-state index contributed by atoms with van der Waals surface area (Å²) in [5.74, 6) is -0.285. The molecule has 1 fully saturated rings. The first-order valence-electron chi connectivity index (χ1n) is 10.4. The number of hydrogen-bond acceptors (Lipinski definition) is 5. The van der Waals surface area contributed by atoms with Gasteiger partial charge in [-0.2, -0.15) is 0 Å². The third kappa shape index (κ3) is 6.49. The summed E-state index contributed by atoms with van der Waals surface area (Å²) in [5.41, 5.74) is 2.32. The van der Waals surface area contributed by atoms with Gasteiger partial charge < -0.3 is 20.3 Å². The largest absolute Gasteiger partial charge is 0.497 e. The Hall–Kier alpha value is -3.06. The third-order valence-corrected chi connectivity index (χ3v) is 5.27. The first kappa shape index (κ1) is 21.6. The number of ether oxygens (including phenoxy) is 1. The van der Waals surface area contributed by atoms with Crippen molar-refractivity contribution in [2.75, 3.05) is 57.8 Å². The zero-order valence-corrected chi connectivity index (χ0v) is 17.5. The first-order chi connectivity index (χ1) is 14.7. The molecule has 30 heavy (non-hydrogen) atoms. The molecule has 2 amide bonds. The number of nitrogens with one attached hydrogen (secondary N) is 2. The van der Waals surface area contributed by atoms with E-state index in [1.54, 1.807) is 7.11 Å². The number of carbonyl (C=O) groups is 2. The van der Waals surface area contributed by atoms with Crippen molar-refractivity contribution in [1.82, 2.24) is 15.5 Å². The van der Waals surface area contributed by atoms with Gasteiger partial charge in [0.1, 0.15) is 5.75 Å². The lowest BCUT2D eigenvalue weighted by molar-refractivity contribution is -0.139.